The third-order valence-corrected chi connectivity index (χ3v) is 14.9. The topological polar surface area (TPSA) is 167 Å². The number of carbonyl (C=O) groups is 3. The van der Waals surface area contributed by atoms with E-state index >= 15 is 0 Å². The first-order valence-corrected chi connectivity index (χ1v) is 24.8. The summed E-state index contributed by atoms with van der Waals surface area (Å²) in [5.74, 6) is -0.184. The van der Waals surface area contributed by atoms with Crippen LogP contribution in [0, 0.1) is 0 Å². The Morgan fingerprint density at radius 3 is 2.28 bits per heavy atom. The third-order valence-electron chi connectivity index (χ3n) is 12.3. The van der Waals surface area contributed by atoms with E-state index in [2.05, 4.69) is 14.9 Å². The van der Waals surface area contributed by atoms with Gasteiger partial charge in [-0.3, -0.25) is 14.4 Å². The Labute approximate surface area is 358 Å². The Hall–Kier alpha value is -5.19. The van der Waals surface area contributed by atoms with Crippen LogP contribution < -0.4 is 24.6 Å². The number of hydrogen-bond acceptors (Lipinski definition) is 9. The number of hydrogen-bond donors (Lipinski definition) is 2. The minimum absolute atomic E-state index is 0.000966. The predicted octanol–water partition coefficient (Wildman–Crippen LogP) is 5.67. The van der Waals surface area contributed by atoms with Gasteiger partial charge in [-0.2, -0.15) is 4.31 Å². The second-order valence-corrected chi connectivity index (χ2v) is 20.3. The highest BCUT2D eigenvalue weighted by Crippen LogP contribution is 2.45. The Balaban J connectivity index is 1.13. The molecule has 1 saturated carbocycles. The molecule has 0 unspecified atom stereocenters. The van der Waals surface area contributed by atoms with E-state index in [-0.39, 0.29) is 48.6 Å². The second-order valence-electron chi connectivity index (χ2n) is 16.5. The molecule has 16 heteroatoms. The van der Waals surface area contributed by atoms with E-state index in [1.165, 1.54) is 10.6 Å². The Morgan fingerprint density at radius 2 is 1.56 bits per heavy atom. The molecule has 1 aliphatic carbocycles. The Bertz CT molecular complexity index is 2560. The molecule has 0 atom stereocenters. The van der Waals surface area contributed by atoms with Crippen molar-refractivity contribution in [3.8, 4) is 17.0 Å². The van der Waals surface area contributed by atoms with E-state index < -0.39 is 26.0 Å². The lowest BCUT2D eigenvalue weighted by molar-refractivity contribution is -0.121. The molecular formula is C45H54N6O8S2. The quantitative estimate of drug-likeness (QED) is 0.212. The maximum absolute atomic E-state index is 13.6. The summed E-state index contributed by atoms with van der Waals surface area (Å²) in [5, 5.41) is 3.96. The molecule has 4 aliphatic rings. The molecule has 3 amide bonds. The van der Waals surface area contributed by atoms with E-state index in [0.29, 0.717) is 63.4 Å². The summed E-state index contributed by atoms with van der Waals surface area (Å²) in [7, 11) is -7.17. The number of carbonyl (C=O) groups excluding carboxylic acids is 3. The first kappa shape index (κ1) is 42.5. The Kier molecular flexibility index (Phi) is 12.6. The molecule has 4 heterocycles. The maximum atomic E-state index is 13.6. The van der Waals surface area contributed by atoms with Gasteiger partial charge in [0.2, 0.25) is 31.9 Å². The van der Waals surface area contributed by atoms with Gasteiger partial charge in [0.15, 0.2) is 0 Å². The van der Waals surface area contributed by atoms with Crippen LogP contribution in [0.3, 0.4) is 0 Å². The van der Waals surface area contributed by atoms with Gasteiger partial charge >= 0.3 is 0 Å². The third kappa shape index (κ3) is 9.66. The summed E-state index contributed by atoms with van der Waals surface area (Å²) >= 11 is 0. The van der Waals surface area contributed by atoms with Gasteiger partial charge in [0.25, 0.3) is 5.91 Å². The van der Waals surface area contributed by atoms with Crippen molar-refractivity contribution in [2.24, 2.45) is 0 Å². The summed E-state index contributed by atoms with van der Waals surface area (Å²) in [6, 6.07) is 19.0. The molecule has 61 heavy (non-hydrogen) atoms. The molecule has 3 aromatic carbocycles. The average Bonchev–Trinajstić information content (AvgIpc) is 3.82. The molecule has 8 rings (SSSR count). The van der Waals surface area contributed by atoms with Crippen molar-refractivity contribution in [1.82, 2.24) is 18.9 Å². The molecular weight excluding hydrogens is 817 g/mol. The molecule has 2 bridgehead atoms. The van der Waals surface area contributed by atoms with Gasteiger partial charge in [-0.05, 0) is 104 Å². The van der Waals surface area contributed by atoms with Crippen LogP contribution in [0.2, 0.25) is 0 Å². The highest BCUT2D eigenvalue weighted by atomic mass is 32.2. The van der Waals surface area contributed by atoms with Crippen molar-refractivity contribution in [1.29, 1.82) is 0 Å². The number of amides is 3. The normalized spacial score (nSPS) is 20.5. The van der Waals surface area contributed by atoms with Crippen LogP contribution in [0.5, 0.6) is 5.75 Å². The van der Waals surface area contributed by atoms with Gasteiger partial charge in [-0.1, -0.05) is 37.5 Å². The highest BCUT2D eigenvalue weighted by Gasteiger charge is 2.30. The summed E-state index contributed by atoms with van der Waals surface area (Å²) < 4.78 is 62.3. The molecule has 3 fully saturated rings. The maximum Gasteiger partial charge on any atom is 0.264 e. The largest absolute Gasteiger partial charge is 0.489 e. The van der Waals surface area contributed by atoms with Gasteiger partial charge in [-0.15, -0.1) is 0 Å². The van der Waals surface area contributed by atoms with E-state index in [9.17, 15) is 31.2 Å². The minimum Gasteiger partial charge on any atom is -0.489 e. The lowest BCUT2D eigenvalue weighted by Crippen LogP contribution is -2.48. The average molecular weight is 871 g/mol. The zero-order chi connectivity index (χ0) is 42.7. The van der Waals surface area contributed by atoms with Crippen LogP contribution in [0.1, 0.15) is 85.2 Å². The summed E-state index contributed by atoms with van der Waals surface area (Å²) in [4.78, 5) is 43.7. The van der Waals surface area contributed by atoms with Gasteiger partial charge < -0.3 is 24.4 Å². The van der Waals surface area contributed by atoms with Crippen LogP contribution >= 0.6 is 0 Å². The van der Waals surface area contributed by atoms with Gasteiger partial charge in [0.05, 0.1) is 23.2 Å². The number of anilines is 2. The Morgan fingerprint density at radius 1 is 0.820 bits per heavy atom. The van der Waals surface area contributed by atoms with Crippen molar-refractivity contribution >= 4 is 60.0 Å². The summed E-state index contributed by atoms with van der Waals surface area (Å²) in [6.07, 6.45) is 12.2. The van der Waals surface area contributed by atoms with Crippen molar-refractivity contribution in [2.45, 2.75) is 76.9 Å². The highest BCUT2D eigenvalue weighted by molar-refractivity contribution is 7.90. The van der Waals surface area contributed by atoms with E-state index in [1.807, 2.05) is 59.2 Å². The molecule has 0 spiro atoms. The van der Waals surface area contributed by atoms with Crippen LogP contribution in [-0.4, -0.2) is 94.7 Å². The standard InChI is InChI=1S/C45H54N6O8S2/c1-60(55,56)49-25-23-48(24-26-49)39-20-16-36(50-22-9-12-42(50)53)28-35(39)31-59-37-17-13-33(14-18-37)44-43(32-10-5-4-6-11-32)38-19-15-34-29-40(38)51(44)30-41(52)46-21-7-2-3-8-27-61(57,58)47-45(34)54/h2-3,13-20,28-29,32H,4-12,21-27,30-31H2,1H3,(H,46,52)(H,47,54)/b3-2-. The van der Waals surface area contributed by atoms with Gasteiger partial charge in [-0.25, -0.2) is 21.6 Å². The monoisotopic (exact) mass is 870 g/mol. The van der Waals surface area contributed by atoms with Crippen LogP contribution in [-0.2, 0) is 42.8 Å². The fraction of sp³-hybridized carbons (Fsp3) is 0.444. The fourth-order valence-corrected chi connectivity index (χ4v) is 11.0. The van der Waals surface area contributed by atoms with E-state index in [4.69, 9.17) is 4.74 Å². The van der Waals surface area contributed by atoms with E-state index in [1.54, 1.807) is 23.1 Å². The zero-order valence-corrected chi connectivity index (χ0v) is 36.2. The lowest BCUT2D eigenvalue weighted by atomic mass is 9.81. The number of ether oxygens (including phenoxy) is 1. The number of rotatable bonds is 8. The molecule has 4 aromatic rings. The predicted molar refractivity (Wildman–Crippen MR) is 237 cm³/mol. The lowest BCUT2D eigenvalue weighted by Gasteiger charge is -2.36. The van der Waals surface area contributed by atoms with Crippen LogP contribution in [0.25, 0.3) is 22.2 Å². The minimum atomic E-state index is -3.87. The first-order valence-electron chi connectivity index (χ1n) is 21.3. The fourth-order valence-electron chi connectivity index (χ4n) is 9.22. The number of allylic oxidation sites excluding steroid dienone is 1. The molecule has 1 aromatic heterocycles. The van der Waals surface area contributed by atoms with E-state index in [0.717, 1.165) is 77.7 Å². The van der Waals surface area contributed by atoms with Crippen molar-refractivity contribution in [2.75, 3.05) is 61.1 Å². The summed E-state index contributed by atoms with van der Waals surface area (Å²) in [6.45, 7) is 3.06. The van der Waals surface area contributed by atoms with Crippen molar-refractivity contribution < 1.29 is 36.0 Å². The first-order chi connectivity index (χ1) is 29.3. The molecule has 2 N–H and O–H groups in total. The number of nitrogens with one attached hydrogen (secondary N) is 2. The number of piperazine rings is 1. The molecule has 3 aliphatic heterocycles. The molecule has 14 nitrogen and oxygen atoms in total. The number of benzene rings is 3. The number of nitrogens with zero attached hydrogens (tertiary/aromatic N) is 4. The smallest absolute Gasteiger partial charge is 0.264 e. The molecule has 2 saturated heterocycles. The zero-order valence-electron chi connectivity index (χ0n) is 34.6. The SMILES string of the molecule is CS(=O)(=O)N1CCN(c2ccc(N3CCCC3=O)cc2COc2ccc(-c3c(C4CCCCC4)c4ccc5cc4n3CC(=O)NCC/C=C\CCS(=O)(=O)NC5=O)cc2)CC1. The van der Waals surface area contributed by atoms with Crippen molar-refractivity contribution in [3.05, 3.63) is 89.5 Å². The number of sulfonamides is 2. The second kappa shape index (κ2) is 18.0. The van der Waals surface area contributed by atoms with Crippen molar-refractivity contribution in [3.63, 3.8) is 0 Å². The van der Waals surface area contributed by atoms with Crippen LogP contribution in [0.4, 0.5) is 11.4 Å². The number of fused-ring (bicyclic) bond motifs is 1. The van der Waals surface area contributed by atoms with Crippen LogP contribution in [0.15, 0.2) is 72.8 Å². The van der Waals surface area contributed by atoms with Gasteiger partial charge in [0, 0.05) is 73.6 Å². The summed E-state index contributed by atoms with van der Waals surface area (Å²) in [5.41, 5.74) is 6.37. The molecule has 0 radical (unpaired) electrons. The van der Waals surface area contributed by atoms with Gasteiger partial charge in [0.1, 0.15) is 18.9 Å². The number of aromatic nitrogens is 1. The molecule has 324 valence electrons.